The van der Waals surface area contributed by atoms with E-state index in [1.807, 2.05) is 24.3 Å². The van der Waals surface area contributed by atoms with Gasteiger partial charge in [-0.2, -0.15) is 5.26 Å². The fourth-order valence-electron chi connectivity index (χ4n) is 4.73. The number of ether oxygens (including phenoxy) is 2. The molecule has 1 fully saturated rings. The molecule has 2 aliphatic rings. The Morgan fingerprint density at radius 1 is 1.24 bits per heavy atom. The number of hydrogen-bond acceptors (Lipinski definition) is 9. The van der Waals surface area contributed by atoms with Crippen molar-refractivity contribution >= 4 is 23.4 Å². The standard InChI is InChI=1S/C24H29ClN6O3/c1-33-19-5-3-16(4-6-19)13-30-14-18(11-22(32)34-2)31(15-17(30)7-9-26)23-20-8-10-27-12-21(20)28-24(25)29-23/h3-6,17-18,27H,7-8,10-15H2,1-2H3. The summed E-state index contributed by atoms with van der Waals surface area (Å²) in [4.78, 5) is 25.8. The van der Waals surface area contributed by atoms with Crippen LogP contribution >= 0.6 is 11.6 Å². The molecule has 10 heteroatoms. The quantitative estimate of drug-likeness (QED) is 0.468. The van der Waals surface area contributed by atoms with Crippen molar-refractivity contribution in [2.24, 2.45) is 0 Å². The van der Waals surface area contributed by atoms with Gasteiger partial charge < -0.3 is 19.7 Å². The number of carbonyl (C=O) groups is 1. The molecule has 0 saturated carbocycles. The van der Waals surface area contributed by atoms with Crippen LogP contribution in [0, 0.1) is 11.3 Å². The number of benzene rings is 1. The zero-order valence-corrected chi connectivity index (χ0v) is 20.2. The van der Waals surface area contributed by atoms with E-state index in [4.69, 9.17) is 21.1 Å². The fourth-order valence-corrected chi connectivity index (χ4v) is 4.91. The zero-order chi connectivity index (χ0) is 24.1. The summed E-state index contributed by atoms with van der Waals surface area (Å²) in [5.41, 5.74) is 3.05. The van der Waals surface area contributed by atoms with Crippen molar-refractivity contribution in [2.75, 3.05) is 38.8 Å². The summed E-state index contributed by atoms with van der Waals surface area (Å²) >= 11 is 6.30. The first-order valence-electron chi connectivity index (χ1n) is 11.4. The number of piperazine rings is 1. The van der Waals surface area contributed by atoms with Crippen LogP contribution in [0.15, 0.2) is 24.3 Å². The second-order valence-electron chi connectivity index (χ2n) is 8.55. The highest BCUT2D eigenvalue weighted by molar-refractivity contribution is 6.28. The molecule has 2 unspecified atom stereocenters. The lowest BCUT2D eigenvalue weighted by molar-refractivity contribution is -0.141. The van der Waals surface area contributed by atoms with E-state index in [-0.39, 0.29) is 29.8 Å². The van der Waals surface area contributed by atoms with Crippen molar-refractivity contribution in [1.82, 2.24) is 20.2 Å². The smallest absolute Gasteiger partial charge is 0.307 e. The molecule has 0 bridgehead atoms. The summed E-state index contributed by atoms with van der Waals surface area (Å²) in [6.45, 7) is 3.26. The number of hydrogen-bond donors (Lipinski definition) is 1. The number of nitriles is 1. The minimum absolute atomic E-state index is 0.0351. The molecule has 0 aliphatic carbocycles. The number of halogens is 1. The molecular weight excluding hydrogens is 456 g/mol. The molecule has 180 valence electrons. The molecule has 0 radical (unpaired) electrons. The highest BCUT2D eigenvalue weighted by Crippen LogP contribution is 2.32. The number of carbonyl (C=O) groups excluding carboxylic acids is 1. The molecule has 1 N–H and O–H groups in total. The Morgan fingerprint density at radius 2 is 2.03 bits per heavy atom. The molecule has 0 amide bonds. The van der Waals surface area contributed by atoms with Crippen LogP contribution in [0.2, 0.25) is 5.28 Å². The molecule has 9 nitrogen and oxygen atoms in total. The van der Waals surface area contributed by atoms with Crippen molar-refractivity contribution in [3.63, 3.8) is 0 Å². The predicted octanol–water partition coefficient (Wildman–Crippen LogP) is 2.32. The Kier molecular flexibility index (Phi) is 7.83. The topological polar surface area (TPSA) is 104 Å². The number of nitrogens with zero attached hydrogens (tertiary/aromatic N) is 5. The largest absolute Gasteiger partial charge is 0.497 e. The minimum atomic E-state index is -0.284. The number of esters is 1. The van der Waals surface area contributed by atoms with Crippen LogP contribution in [-0.2, 0) is 29.0 Å². The Bertz CT molecular complexity index is 1060. The summed E-state index contributed by atoms with van der Waals surface area (Å²) in [5, 5.41) is 13.1. The Morgan fingerprint density at radius 3 is 2.74 bits per heavy atom. The third-order valence-corrected chi connectivity index (χ3v) is 6.64. The lowest BCUT2D eigenvalue weighted by atomic mass is 9.98. The van der Waals surface area contributed by atoms with E-state index in [0.29, 0.717) is 32.6 Å². The molecule has 1 aromatic carbocycles. The molecule has 2 atom stereocenters. The van der Waals surface area contributed by atoms with Gasteiger partial charge in [-0.1, -0.05) is 12.1 Å². The van der Waals surface area contributed by atoms with Gasteiger partial charge in [0, 0.05) is 37.8 Å². The summed E-state index contributed by atoms with van der Waals surface area (Å²) in [7, 11) is 3.04. The van der Waals surface area contributed by atoms with Gasteiger partial charge in [-0.15, -0.1) is 0 Å². The summed E-state index contributed by atoms with van der Waals surface area (Å²) < 4.78 is 10.3. The van der Waals surface area contributed by atoms with E-state index in [1.54, 1.807) is 7.11 Å². The van der Waals surface area contributed by atoms with E-state index in [0.717, 1.165) is 41.4 Å². The van der Waals surface area contributed by atoms with Gasteiger partial charge in [0.1, 0.15) is 11.6 Å². The molecule has 4 rings (SSSR count). The van der Waals surface area contributed by atoms with Gasteiger partial charge in [0.15, 0.2) is 0 Å². The highest BCUT2D eigenvalue weighted by atomic mass is 35.5. The second kappa shape index (κ2) is 11.0. The van der Waals surface area contributed by atoms with Crippen LogP contribution in [-0.4, -0.2) is 66.8 Å². The maximum atomic E-state index is 12.4. The molecule has 2 aromatic rings. The number of anilines is 1. The first kappa shape index (κ1) is 24.2. The Hall–Kier alpha value is -2.93. The maximum Gasteiger partial charge on any atom is 0.307 e. The average Bonchev–Trinajstić information content (AvgIpc) is 2.85. The number of rotatable bonds is 7. The van der Waals surface area contributed by atoms with Crippen molar-refractivity contribution in [3.05, 3.63) is 46.4 Å². The van der Waals surface area contributed by atoms with Crippen LogP contribution in [0.3, 0.4) is 0 Å². The molecule has 0 spiro atoms. The van der Waals surface area contributed by atoms with Gasteiger partial charge in [-0.3, -0.25) is 9.69 Å². The molecule has 2 aliphatic heterocycles. The van der Waals surface area contributed by atoms with E-state index in [2.05, 4.69) is 31.2 Å². The Balaban J connectivity index is 1.66. The number of aromatic nitrogens is 2. The zero-order valence-electron chi connectivity index (χ0n) is 19.5. The SMILES string of the molecule is COC(=O)CC1CN(Cc2ccc(OC)cc2)C(CC#N)CN1c1nc(Cl)nc2c1CCNC2. The highest BCUT2D eigenvalue weighted by Gasteiger charge is 2.37. The van der Waals surface area contributed by atoms with Crippen LogP contribution in [0.1, 0.15) is 29.7 Å². The lowest BCUT2D eigenvalue weighted by Crippen LogP contribution is -2.59. The average molecular weight is 485 g/mol. The lowest BCUT2D eigenvalue weighted by Gasteiger charge is -2.47. The normalized spacial score (nSPS) is 20.4. The number of fused-ring (bicyclic) bond motifs is 1. The van der Waals surface area contributed by atoms with Crippen LogP contribution < -0.4 is 15.0 Å². The molecule has 1 saturated heterocycles. The van der Waals surface area contributed by atoms with Crippen LogP contribution in [0.4, 0.5) is 5.82 Å². The predicted molar refractivity (Wildman–Crippen MR) is 128 cm³/mol. The molecular formula is C24H29ClN6O3. The summed E-state index contributed by atoms with van der Waals surface area (Å²) in [6, 6.07) is 10.0. The number of methoxy groups -OCH3 is 2. The van der Waals surface area contributed by atoms with Gasteiger partial charge in [-0.25, -0.2) is 9.97 Å². The van der Waals surface area contributed by atoms with Gasteiger partial charge >= 0.3 is 5.97 Å². The van der Waals surface area contributed by atoms with E-state index in [9.17, 15) is 10.1 Å². The molecule has 34 heavy (non-hydrogen) atoms. The monoisotopic (exact) mass is 484 g/mol. The van der Waals surface area contributed by atoms with Gasteiger partial charge in [0.2, 0.25) is 5.28 Å². The van der Waals surface area contributed by atoms with Crippen molar-refractivity contribution < 1.29 is 14.3 Å². The third-order valence-electron chi connectivity index (χ3n) is 6.47. The van der Waals surface area contributed by atoms with E-state index in [1.165, 1.54) is 7.11 Å². The summed E-state index contributed by atoms with van der Waals surface area (Å²) in [5.74, 6) is 1.27. The summed E-state index contributed by atoms with van der Waals surface area (Å²) in [6.07, 6.45) is 1.35. The Labute approximate surface area is 204 Å². The molecule has 1 aromatic heterocycles. The fraction of sp³-hybridized carbons (Fsp3) is 0.500. The van der Waals surface area contributed by atoms with E-state index < -0.39 is 0 Å². The maximum absolute atomic E-state index is 12.4. The van der Waals surface area contributed by atoms with Crippen molar-refractivity contribution in [2.45, 2.75) is 44.4 Å². The minimum Gasteiger partial charge on any atom is -0.497 e. The van der Waals surface area contributed by atoms with Gasteiger partial charge in [0.05, 0.1) is 44.9 Å². The van der Waals surface area contributed by atoms with Crippen molar-refractivity contribution in [1.29, 1.82) is 5.26 Å². The first-order valence-corrected chi connectivity index (χ1v) is 11.7. The first-order chi connectivity index (χ1) is 16.5. The van der Waals surface area contributed by atoms with Crippen LogP contribution in [0.25, 0.3) is 0 Å². The molecule has 3 heterocycles. The number of nitrogens with one attached hydrogen (secondary N) is 1. The van der Waals surface area contributed by atoms with Gasteiger partial charge in [0.25, 0.3) is 0 Å². The third kappa shape index (κ3) is 5.41. The van der Waals surface area contributed by atoms with Crippen molar-refractivity contribution in [3.8, 4) is 11.8 Å². The van der Waals surface area contributed by atoms with Crippen LogP contribution in [0.5, 0.6) is 5.75 Å². The van der Waals surface area contributed by atoms with Gasteiger partial charge in [-0.05, 0) is 42.3 Å². The van der Waals surface area contributed by atoms with E-state index >= 15 is 0 Å². The second-order valence-corrected chi connectivity index (χ2v) is 8.89.